The largest absolute Gasteiger partial charge is 0.457 e. The minimum absolute atomic E-state index is 0.00458. The van der Waals surface area contributed by atoms with E-state index >= 15 is 4.39 Å². The van der Waals surface area contributed by atoms with Gasteiger partial charge in [-0.15, -0.1) is 0 Å². The number of carbonyl (C=O) groups is 3. The lowest BCUT2D eigenvalue weighted by molar-refractivity contribution is -0.149. The first kappa shape index (κ1) is 37.1. The number of likely N-dealkylation sites (N-methyl/N-ethyl adjacent to an activating group) is 1. The Morgan fingerprint density at radius 2 is 1.70 bits per heavy atom. The third-order valence-electron chi connectivity index (χ3n) is 10.1. The van der Waals surface area contributed by atoms with Crippen molar-refractivity contribution in [2.45, 2.75) is 65.7 Å². The van der Waals surface area contributed by atoms with E-state index in [1.165, 1.54) is 12.1 Å². The minimum atomic E-state index is -0.592. The van der Waals surface area contributed by atoms with Crippen molar-refractivity contribution in [2.75, 3.05) is 64.3 Å². The van der Waals surface area contributed by atoms with Crippen molar-refractivity contribution in [3.63, 3.8) is 0 Å². The molecule has 2 fully saturated rings. The molecule has 2 amide bonds. The first-order chi connectivity index (χ1) is 23.9. The smallest absolute Gasteiger partial charge is 0.410 e. The summed E-state index contributed by atoms with van der Waals surface area (Å²) in [6, 6.07) is 6.72. The van der Waals surface area contributed by atoms with Gasteiger partial charge < -0.3 is 29.1 Å². The van der Waals surface area contributed by atoms with Gasteiger partial charge in [0, 0.05) is 82.8 Å². The molecule has 4 heterocycles. The van der Waals surface area contributed by atoms with Gasteiger partial charge in [0.1, 0.15) is 24.6 Å². The minimum Gasteiger partial charge on any atom is -0.457 e. The van der Waals surface area contributed by atoms with Gasteiger partial charge in [0.25, 0.3) is 0 Å². The maximum Gasteiger partial charge on any atom is 0.410 e. The van der Waals surface area contributed by atoms with Crippen molar-refractivity contribution < 1.29 is 28.2 Å². The molecule has 1 aromatic heterocycles. The molecule has 5 rings (SSSR count). The lowest BCUT2D eigenvalue weighted by Gasteiger charge is -2.36. The van der Waals surface area contributed by atoms with Crippen molar-refractivity contribution >= 4 is 29.7 Å². The van der Waals surface area contributed by atoms with Gasteiger partial charge in [-0.3, -0.25) is 14.3 Å². The van der Waals surface area contributed by atoms with Crippen LogP contribution in [0.3, 0.4) is 0 Å². The van der Waals surface area contributed by atoms with E-state index in [4.69, 9.17) is 9.47 Å². The molecule has 0 saturated carbocycles. The first-order valence-electron chi connectivity index (χ1n) is 18.0. The van der Waals surface area contributed by atoms with Crippen LogP contribution in [0.2, 0.25) is 0 Å². The number of hydrogen-bond donors (Lipinski definition) is 0. The standard InChI is InChI=1S/C38H53FN6O5/c1-27-7-8-28(2)34(49-38(48)44-15-13-41(5)14-16-44)10-9-29(3)37(50-36(47)21-27)30(4)22-31-23-32(39)25-33(24-31)42-17-19-43(20-18-42)35(46)26-45-12-6-11-40-45/h6,9-12,22-25,27-29,34,37H,7-8,13-21,26H2,1-5H3/b10-9+,30-22+/t27-,28+,29+,34+,37+/m1/s1. The van der Waals surface area contributed by atoms with E-state index in [9.17, 15) is 14.4 Å². The molecule has 2 aromatic rings. The van der Waals surface area contributed by atoms with Crippen LogP contribution in [0.1, 0.15) is 52.5 Å². The van der Waals surface area contributed by atoms with Gasteiger partial charge >= 0.3 is 12.1 Å². The van der Waals surface area contributed by atoms with E-state index in [0.29, 0.717) is 51.3 Å². The van der Waals surface area contributed by atoms with Crippen LogP contribution in [0.5, 0.6) is 0 Å². The van der Waals surface area contributed by atoms with Crippen LogP contribution in [0, 0.1) is 23.6 Å². The average Bonchev–Trinajstić information content (AvgIpc) is 3.60. The van der Waals surface area contributed by atoms with Crippen LogP contribution in [-0.4, -0.2) is 114 Å². The van der Waals surface area contributed by atoms with Crippen LogP contribution in [0.15, 0.2) is 54.4 Å². The van der Waals surface area contributed by atoms with Crippen molar-refractivity contribution in [1.82, 2.24) is 24.5 Å². The molecule has 11 nitrogen and oxygen atoms in total. The van der Waals surface area contributed by atoms with E-state index in [0.717, 1.165) is 37.2 Å². The van der Waals surface area contributed by atoms with Gasteiger partial charge in [-0.25, -0.2) is 9.18 Å². The van der Waals surface area contributed by atoms with Gasteiger partial charge in [-0.1, -0.05) is 32.9 Å². The summed E-state index contributed by atoms with van der Waals surface area (Å²) in [5, 5.41) is 4.12. The van der Waals surface area contributed by atoms with Crippen molar-refractivity contribution in [2.24, 2.45) is 17.8 Å². The monoisotopic (exact) mass is 692 g/mol. The molecule has 0 aliphatic carbocycles. The summed E-state index contributed by atoms with van der Waals surface area (Å²) in [6.07, 6.45) is 9.83. The Morgan fingerprint density at radius 1 is 0.980 bits per heavy atom. The molecular formula is C38H53FN6O5. The van der Waals surface area contributed by atoms with Crippen LogP contribution in [-0.2, 0) is 25.6 Å². The third kappa shape index (κ3) is 10.2. The number of cyclic esters (lactones) is 1. The van der Waals surface area contributed by atoms with E-state index < -0.39 is 12.2 Å². The third-order valence-corrected chi connectivity index (χ3v) is 10.1. The fourth-order valence-corrected chi connectivity index (χ4v) is 6.87. The van der Waals surface area contributed by atoms with Crippen molar-refractivity contribution in [3.05, 3.63) is 65.8 Å². The van der Waals surface area contributed by atoms with Crippen LogP contribution >= 0.6 is 0 Å². The van der Waals surface area contributed by atoms with E-state index in [1.807, 2.05) is 57.0 Å². The number of nitrogens with zero attached hydrogens (tertiary/aromatic N) is 6. The highest BCUT2D eigenvalue weighted by Gasteiger charge is 2.29. The molecule has 3 aliphatic rings. The highest BCUT2D eigenvalue weighted by atomic mass is 19.1. The zero-order valence-electron chi connectivity index (χ0n) is 30.2. The summed E-state index contributed by atoms with van der Waals surface area (Å²) in [5.74, 6) is -0.677. The molecule has 50 heavy (non-hydrogen) atoms. The first-order valence-corrected chi connectivity index (χ1v) is 18.0. The van der Waals surface area contributed by atoms with Crippen LogP contribution in [0.4, 0.5) is 14.9 Å². The second-order valence-corrected chi connectivity index (χ2v) is 14.4. The molecule has 12 heteroatoms. The number of amides is 2. The Bertz CT molecular complexity index is 1510. The highest BCUT2D eigenvalue weighted by Crippen LogP contribution is 2.28. The number of piperazine rings is 2. The summed E-state index contributed by atoms with van der Waals surface area (Å²) in [7, 11) is 2.05. The molecule has 0 radical (unpaired) electrons. The molecule has 2 saturated heterocycles. The number of carbonyl (C=O) groups excluding carboxylic acids is 3. The summed E-state index contributed by atoms with van der Waals surface area (Å²) in [6.45, 7) is 13.4. The fraction of sp³-hybridized carbons (Fsp3) is 0.579. The molecule has 272 valence electrons. The quantitative estimate of drug-likeness (QED) is 0.305. The van der Waals surface area contributed by atoms with Gasteiger partial charge in [0.15, 0.2) is 0 Å². The lowest BCUT2D eigenvalue weighted by Crippen LogP contribution is -2.49. The Balaban J connectivity index is 1.30. The Hall–Kier alpha value is -4.19. The van der Waals surface area contributed by atoms with E-state index in [2.05, 4.69) is 21.8 Å². The van der Waals surface area contributed by atoms with Gasteiger partial charge in [0.2, 0.25) is 5.91 Å². The Morgan fingerprint density at radius 3 is 2.40 bits per heavy atom. The second-order valence-electron chi connectivity index (χ2n) is 14.4. The van der Waals surface area contributed by atoms with Crippen molar-refractivity contribution in [3.8, 4) is 0 Å². The summed E-state index contributed by atoms with van der Waals surface area (Å²) >= 11 is 0. The van der Waals surface area contributed by atoms with E-state index in [-0.39, 0.29) is 48.1 Å². The molecule has 3 aliphatic heterocycles. The van der Waals surface area contributed by atoms with Crippen molar-refractivity contribution in [1.29, 1.82) is 0 Å². The Kier molecular flexibility index (Phi) is 12.7. The van der Waals surface area contributed by atoms with Gasteiger partial charge in [-0.05, 0) is 80.1 Å². The summed E-state index contributed by atoms with van der Waals surface area (Å²) in [5.41, 5.74) is 2.18. The van der Waals surface area contributed by atoms with Crippen LogP contribution < -0.4 is 4.90 Å². The average molecular weight is 693 g/mol. The molecule has 0 spiro atoms. The van der Waals surface area contributed by atoms with Gasteiger partial charge in [0.05, 0.1) is 0 Å². The number of esters is 1. The number of aromatic nitrogens is 2. The molecule has 0 unspecified atom stereocenters. The van der Waals surface area contributed by atoms with E-state index in [1.54, 1.807) is 28.0 Å². The summed E-state index contributed by atoms with van der Waals surface area (Å²) in [4.78, 5) is 46.9. The number of hydrogen-bond acceptors (Lipinski definition) is 8. The number of anilines is 1. The molecule has 5 atom stereocenters. The molecule has 1 aromatic carbocycles. The topological polar surface area (TPSA) is 100 Å². The maximum atomic E-state index is 15.0. The number of rotatable bonds is 6. The molecular weight excluding hydrogens is 639 g/mol. The van der Waals surface area contributed by atoms with Crippen LogP contribution in [0.25, 0.3) is 6.08 Å². The highest BCUT2D eigenvalue weighted by molar-refractivity contribution is 5.76. The molecule has 0 bridgehead atoms. The SMILES string of the molecule is C/C(=C\c1cc(F)cc(N2CCN(C(=O)Cn3cccn3)CC2)c1)[C@H]1OC(=O)C[C@H](C)CC[C@H](C)[C@@H](OC(=O)N2CCN(C)CC2)/C=C/[C@@H]1C. The second kappa shape index (κ2) is 17.2. The number of ether oxygens (including phenoxy) is 2. The number of benzene rings is 1. The normalized spacial score (nSPS) is 26.8. The zero-order valence-corrected chi connectivity index (χ0v) is 30.2. The van der Waals surface area contributed by atoms with Gasteiger partial charge in [-0.2, -0.15) is 5.10 Å². The summed E-state index contributed by atoms with van der Waals surface area (Å²) < 4.78 is 28.9. The fourth-order valence-electron chi connectivity index (χ4n) is 6.87. The lowest BCUT2D eigenvalue weighted by atomic mass is 9.89. The molecule has 0 N–H and O–H groups in total. The predicted octanol–water partition coefficient (Wildman–Crippen LogP) is 5.09. The Labute approximate surface area is 295 Å². The number of halogens is 1. The zero-order chi connectivity index (χ0) is 35.8. The maximum absolute atomic E-state index is 15.0. The predicted molar refractivity (Wildman–Crippen MR) is 191 cm³/mol.